The quantitative estimate of drug-likeness (QED) is 0.671. The SMILES string of the molecule is C/C(=N/NC(=O)COc1cc(C)ccc1C)c1ccc2c(c1)OCO2. The van der Waals surface area contributed by atoms with Crippen molar-refractivity contribution < 1.29 is 19.0 Å². The zero-order valence-corrected chi connectivity index (χ0v) is 14.5. The first-order valence-electron chi connectivity index (χ1n) is 7.96. The van der Waals surface area contributed by atoms with Crippen molar-refractivity contribution in [1.82, 2.24) is 5.43 Å². The van der Waals surface area contributed by atoms with Gasteiger partial charge in [0.15, 0.2) is 18.1 Å². The molecule has 1 aliphatic rings. The van der Waals surface area contributed by atoms with E-state index in [0.717, 1.165) is 16.7 Å². The van der Waals surface area contributed by atoms with Crippen molar-refractivity contribution in [3.63, 3.8) is 0 Å². The molecule has 2 aromatic carbocycles. The molecule has 0 unspecified atom stereocenters. The van der Waals surface area contributed by atoms with E-state index in [9.17, 15) is 4.79 Å². The standard InChI is InChI=1S/C19H20N2O4/c1-12-4-5-13(2)17(8-12)23-10-19(22)21-20-14(3)15-6-7-16-18(9-15)25-11-24-16/h4-9H,10-11H2,1-3H3,(H,21,22)/b20-14-. The number of carbonyl (C=O) groups is 1. The number of benzene rings is 2. The zero-order chi connectivity index (χ0) is 17.8. The maximum atomic E-state index is 11.9. The molecule has 25 heavy (non-hydrogen) atoms. The Bertz CT molecular complexity index is 830. The molecule has 1 amide bonds. The molecule has 3 rings (SSSR count). The topological polar surface area (TPSA) is 69.2 Å². The van der Waals surface area contributed by atoms with Crippen LogP contribution in [0.5, 0.6) is 17.2 Å². The molecule has 0 aliphatic carbocycles. The highest BCUT2D eigenvalue weighted by atomic mass is 16.7. The monoisotopic (exact) mass is 340 g/mol. The van der Waals surface area contributed by atoms with Gasteiger partial charge in [-0.1, -0.05) is 12.1 Å². The highest BCUT2D eigenvalue weighted by Crippen LogP contribution is 2.32. The summed E-state index contributed by atoms with van der Waals surface area (Å²) in [5.74, 6) is 1.77. The Morgan fingerprint density at radius 2 is 1.96 bits per heavy atom. The number of nitrogens with zero attached hydrogens (tertiary/aromatic N) is 1. The average molecular weight is 340 g/mol. The molecule has 1 N–H and O–H groups in total. The summed E-state index contributed by atoms with van der Waals surface area (Å²) in [5.41, 5.74) is 6.08. The summed E-state index contributed by atoms with van der Waals surface area (Å²) in [5, 5.41) is 4.11. The van der Waals surface area contributed by atoms with Gasteiger partial charge in [0, 0.05) is 5.56 Å². The Kier molecular flexibility index (Phi) is 4.88. The Morgan fingerprint density at radius 1 is 1.16 bits per heavy atom. The van der Waals surface area contributed by atoms with E-state index in [-0.39, 0.29) is 19.3 Å². The van der Waals surface area contributed by atoms with Crippen LogP contribution in [0.2, 0.25) is 0 Å². The average Bonchev–Trinajstić information content (AvgIpc) is 3.08. The smallest absolute Gasteiger partial charge is 0.277 e. The predicted octanol–water partition coefficient (Wildman–Crippen LogP) is 2.95. The fraction of sp³-hybridized carbons (Fsp3) is 0.263. The second-order valence-electron chi connectivity index (χ2n) is 5.86. The van der Waals surface area contributed by atoms with Crippen LogP contribution in [0, 0.1) is 13.8 Å². The van der Waals surface area contributed by atoms with E-state index < -0.39 is 0 Å². The third-order valence-electron chi connectivity index (χ3n) is 3.84. The Hall–Kier alpha value is -3.02. The molecule has 2 aromatic rings. The maximum absolute atomic E-state index is 11.9. The second-order valence-corrected chi connectivity index (χ2v) is 5.86. The summed E-state index contributed by atoms with van der Waals surface area (Å²) in [7, 11) is 0. The minimum absolute atomic E-state index is 0.0950. The molecule has 0 saturated heterocycles. The number of hydrogen-bond acceptors (Lipinski definition) is 5. The normalized spacial score (nSPS) is 12.8. The first-order valence-corrected chi connectivity index (χ1v) is 7.96. The molecule has 0 radical (unpaired) electrons. The fourth-order valence-corrected chi connectivity index (χ4v) is 2.37. The van der Waals surface area contributed by atoms with Gasteiger partial charge in [0.25, 0.3) is 5.91 Å². The second kappa shape index (κ2) is 7.25. The molecule has 1 heterocycles. The lowest BCUT2D eigenvalue weighted by Crippen LogP contribution is -2.25. The van der Waals surface area contributed by atoms with Crippen LogP contribution in [0.4, 0.5) is 0 Å². The fourth-order valence-electron chi connectivity index (χ4n) is 2.37. The molecule has 0 saturated carbocycles. The minimum atomic E-state index is -0.319. The van der Waals surface area contributed by atoms with Gasteiger partial charge < -0.3 is 14.2 Å². The van der Waals surface area contributed by atoms with Gasteiger partial charge >= 0.3 is 0 Å². The summed E-state index contributed by atoms with van der Waals surface area (Å²) in [6, 6.07) is 11.4. The van der Waals surface area contributed by atoms with Crippen molar-refractivity contribution in [2.45, 2.75) is 20.8 Å². The summed E-state index contributed by atoms with van der Waals surface area (Å²) in [4.78, 5) is 11.9. The molecule has 0 bridgehead atoms. The Balaban J connectivity index is 1.57. The predicted molar refractivity (Wildman–Crippen MR) is 94.3 cm³/mol. The molecule has 6 nitrogen and oxygen atoms in total. The highest BCUT2D eigenvalue weighted by Gasteiger charge is 2.14. The summed E-state index contributed by atoms with van der Waals surface area (Å²) in [6.45, 7) is 5.85. The number of hydrogen-bond donors (Lipinski definition) is 1. The van der Waals surface area contributed by atoms with Gasteiger partial charge in [-0.2, -0.15) is 5.10 Å². The van der Waals surface area contributed by atoms with Crippen LogP contribution in [0.25, 0.3) is 0 Å². The maximum Gasteiger partial charge on any atom is 0.277 e. The molecular weight excluding hydrogens is 320 g/mol. The van der Waals surface area contributed by atoms with Gasteiger partial charge in [-0.05, 0) is 56.2 Å². The van der Waals surface area contributed by atoms with Gasteiger partial charge in [-0.15, -0.1) is 0 Å². The van der Waals surface area contributed by atoms with E-state index in [4.69, 9.17) is 14.2 Å². The van der Waals surface area contributed by atoms with Gasteiger partial charge in [-0.3, -0.25) is 4.79 Å². The Labute approximate surface area is 146 Å². The molecule has 130 valence electrons. The van der Waals surface area contributed by atoms with Crippen LogP contribution >= 0.6 is 0 Å². The number of nitrogens with one attached hydrogen (secondary N) is 1. The lowest BCUT2D eigenvalue weighted by molar-refractivity contribution is -0.123. The third kappa shape index (κ3) is 4.09. The third-order valence-corrected chi connectivity index (χ3v) is 3.84. The van der Waals surface area contributed by atoms with Crippen molar-refractivity contribution in [3.8, 4) is 17.2 Å². The van der Waals surface area contributed by atoms with E-state index >= 15 is 0 Å². The highest BCUT2D eigenvalue weighted by molar-refractivity contribution is 5.99. The van der Waals surface area contributed by atoms with Crippen LogP contribution in [0.3, 0.4) is 0 Å². The largest absolute Gasteiger partial charge is 0.483 e. The summed E-state index contributed by atoms with van der Waals surface area (Å²) < 4.78 is 16.2. The van der Waals surface area contributed by atoms with Crippen molar-refractivity contribution in [3.05, 3.63) is 53.1 Å². The van der Waals surface area contributed by atoms with Crippen LogP contribution < -0.4 is 19.6 Å². The van der Waals surface area contributed by atoms with Crippen LogP contribution in [-0.4, -0.2) is 25.0 Å². The van der Waals surface area contributed by atoms with E-state index in [1.165, 1.54) is 0 Å². The first kappa shape index (κ1) is 16.8. The summed E-state index contributed by atoms with van der Waals surface area (Å²) >= 11 is 0. The molecule has 0 atom stereocenters. The molecule has 6 heteroatoms. The minimum Gasteiger partial charge on any atom is -0.483 e. The lowest BCUT2D eigenvalue weighted by atomic mass is 10.1. The number of amides is 1. The summed E-state index contributed by atoms with van der Waals surface area (Å²) in [6.07, 6.45) is 0. The number of rotatable bonds is 5. The van der Waals surface area contributed by atoms with E-state index in [0.29, 0.717) is 23.0 Å². The first-order chi connectivity index (χ1) is 12.0. The molecular formula is C19H20N2O4. The zero-order valence-electron chi connectivity index (χ0n) is 14.5. The van der Waals surface area contributed by atoms with Gasteiger partial charge in [0.05, 0.1) is 5.71 Å². The number of hydrazone groups is 1. The number of carbonyl (C=O) groups excluding carboxylic acids is 1. The van der Waals surface area contributed by atoms with E-state index in [1.807, 2.05) is 57.2 Å². The van der Waals surface area contributed by atoms with E-state index in [2.05, 4.69) is 10.5 Å². The van der Waals surface area contributed by atoms with Crippen LogP contribution in [0.1, 0.15) is 23.6 Å². The lowest BCUT2D eigenvalue weighted by Gasteiger charge is -2.09. The van der Waals surface area contributed by atoms with Crippen molar-refractivity contribution >= 4 is 11.6 Å². The number of fused-ring (bicyclic) bond motifs is 1. The van der Waals surface area contributed by atoms with Crippen LogP contribution in [-0.2, 0) is 4.79 Å². The van der Waals surface area contributed by atoms with Gasteiger partial charge in [0.2, 0.25) is 6.79 Å². The molecule has 1 aliphatic heterocycles. The Morgan fingerprint density at radius 3 is 2.80 bits per heavy atom. The number of aryl methyl sites for hydroxylation is 2. The van der Waals surface area contributed by atoms with Crippen molar-refractivity contribution in [2.24, 2.45) is 5.10 Å². The van der Waals surface area contributed by atoms with Gasteiger partial charge in [0.1, 0.15) is 5.75 Å². The van der Waals surface area contributed by atoms with Crippen molar-refractivity contribution in [1.29, 1.82) is 0 Å². The molecule has 0 spiro atoms. The molecule has 0 aromatic heterocycles. The number of ether oxygens (including phenoxy) is 3. The van der Waals surface area contributed by atoms with Gasteiger partial charge in [-0.25, -0.2) is 5.43 Å². The van der Waals surface area contributed by atoms with Crippen LogP contribution in [0.15, 0.2) is 41.5 Å². The molecule has 0 fully saturated rings. The van der Waals surface area contributed by atoms with E-state index in [1.54, 1.807) is 0 Å². The van der Waals surface area contributed by atoms with Crippen molar-refractivity contribution in [2.75, 3.05) is 13.4 Å².